The van der Waals surface area contributed by atoms with Crippen molar-refractivity contribution in [1.29, 1.82) is 0 Å². The SMILES string of the molecule is COc1cc(C(=O)Nc2cccc(-n3cccn3)c2)ccc1OCc1ccccc1. The van der Waals surface area contributed by atoms with Crippen LogP contribution in [-0.4, -0.2) is 22.8 Å². The minimum absolute atomic E-state index is 0.236. The lowest BCUT2D eigenvalue weighted by molar-refractivity contribution is 0.102. The second-order valence-electron chi connectivity index (χ2n) is 6.59. The first-order chi connectivity index (χ1) is 14.7. The Bertz CT molecular complexity index is 1130. The van der Waals surface area contributed by atoms with Crippen LogP contribution in [0, 0.1) is 0 Å². The number of methoxy groups -OCH3 is 1. The molecule has 0 aliphatic rings. The van der Waals surface area contributed by atoms with Crippen molar-refractivity contribution in [2.24, 2.45) is 0 Å². The fourth-order valence-corrected chi connectivity index (χ4v) is 3.01. The lowest BCUT2D eigenvalue weighted by Crippen LogP contribution is -2.12. The number of nitrogens with zero attached hydrogens (tertiary/aromatic N) is 2. The third kappa shape index (κ3) is 4.50. The number of hydrogen-bond acceptors (Lipinski definition) is 4. The zero-order valence-electron chi connectivity index (χ0n) is 16.5. The van der Waals surface area contributed by atoms with E-state index < -0.39 is 0 Å². The Kier molecular flexibility index (Phi) is 5.75. The first kappa shape index (κ1) is 19.3. The molecule has 1 aromatic heterocycles. The van der Waals surface area contributed by atoms with Gasteiger partial charge in [0, 0.05) is 23.6 Å². The number of benzene rings is 3. The monoisotopic (exact) mass is 399 g/mol. The van der Waals surface area contributed by atoms with Gasteiger partial charge in [0.05, 0.1) is 12.8 Å². The molecule has 4 rings (SSSR count). The molecule has 0 aliphatic carbocycles. The Balaban J connectivity index is 1.47. The first-order valence-electron chi connectivity index (χ1n) is 9.49. The second-order valence-corrected chi connectivity index (χ2v) is 6.59. The molecule has 0 unspecified atom stereocenters. The zero-order chi connectivity index (χ0) is 20.8. The molecule has 6 heteroatoms. The predicted molar refractivity (Wildman–Crippen MR) is 115 cm³/mol. The highest BCUT2D eigenvalue weighted by molar-refractivity contribution is 6.04. The summed E-state index contributed by atoms with van der Waals surface area (Å²) in [7, 11) is 1.56. The topological polar surface area (TPSA) is 65.4 Å². The molecule has 4 aromatic rings. The van der Waals surface area contributed by atoms with Crippen LogP contribution in [0.4, 0.5) is 5.69 Å². The Labute approximate surface area is 174 Å². The van der Waals surface area contributed by atoms with E-state index in [0.717, 1.165) is 11.3 Å². The van der Waals surface area contributed by atoms with Gasteiger partial charge in [-0.1, -0.05) is 36.4 Å². The molecule has 1 amide bonds. The maximum absolute atomic E-state index is 12.7. The van der Waals surface area contributed by atoms with Gasteiger partial charge in [0.25, 0.3) is 5.91 Å². The quantitative estimate of drug-likeness (QED) is 0.489. The molecule has 0 spiro atoms. The summed E-state index contributed by atoms with van der Waals surface area (Å²) in [5.41, 5.74) is 3.07. The molecule has 0 atom stereocenters. The number of ether oxygens (including phenoxy) is 2. The smallest absolute Gasteiger partial charge is 0.255 e. The van der Waals surface area contributed by atoms with Gasteiger partial charge in [0.1, 0.15) is 6.61 Å². The highest BCUT2D eigenvalue weighted by Crippen LogP contribution is 2.29. The summed E-state index contributed by atoms with van der Waals surface area (Å²) in [6, 6.07) is 24.3. The van der Waals surface area contributed by atoms with E-state index in [0.29, 0.717) is 29.4 Å². The van der Waals surface area contributed by atoms with Crippen molar-refractivity contribution in [3.8, 4) is 17.2 Å². The van der Waals surface area contributed by atoms with Gasteiger partial charge in [-0.3, -0.25) is 4.79 Å². The molecule has 6 nitrogen and oxygen atoms in total. The number of carbonyl (C=O) groups is 1. The Hall–Kier alpha value is -4.06. The summed E-state index contributed by atoms with van der Waals surface area (Å²) < 4.78 is 13.0. The minimum Gasteiger partial charge on any atom is -0.493 e. The number of amides is 1. The summed E-state index contributed by atoms with van der Waals surface area (Å²) in [6.07, 6.45) is 3.55. The third-order valence-electron chi connectivity index (χ3n) is 4.54. The largest absolute Gasteiger partial charge is 0.493 e. The van der Waals surface area contributed by atoms with Crippen LogP contribution in [0.5, 0.6) is 11.5 Å². The molecule has 0 aliphatic heterocycles. The average Bonchev–Trinajstić information content (AvgIpc) is 3.33. The van der Waals surface area contributed by atoms with Crippen molar-refractivity contribution < 1.29 is 14.3 Å². The van der Waals surface area contributed by atoms with Crippen LogP contribution < -0.4 is 14.8 Å². The van der Waals surface area contributed by atoms with E-state index in [-0.39, 0.29) is 5.91 Å². The minimum atomic E-state index is -0.236. The van der Waals surface area contributed by atoms with Gasteiger partial charge in [-0.2, -0.15) is 5.10 Å². The highest BCUT2D eigenvalue weighted by Gasteiger charge is 2.12. The van der Waals surface area contributed by atoms with Crippen molar-refractivity contribution in [2.75, 3.05) is 12.4 Å². The molecule has 150 valence electrons. The van der Waals surface area contributed by atoms with E-state index >= 15 is 0 Å². The van der Waals surface area contributed by atoms with Gasteiger partial charge >= 0.3 is 0 Å². The molecule has 0 radical (unpaired) electrons. The van der Waals surface area contributed by atoms with Crippen LogP contribution in [0.3, 0.4) is 0 Å². The molecule has 0 fully saturated rings. The molecule has 0 saturated heterocycles. The number of rotatable bonds is 7. The molecular weight excluding hydrogens is 378 g/mol. The van der Waals surface area contributed by atoms with E-state index in [1.807, 2.05) is 66.9 Å². The molecule has 1 N–H and O–H groups in total. The zero-order valence-corrected chi connectivity index (χ0v) is 16.5. The van der Waals surface area contributed by atoms with E-state index in [1.165, 1.54) is 0 Å². The number of anilines is 1. The van der Waals surface area contributed by atoms with Crippen LogP contribution in [0.1, 0.15) is 15.9 Å². The Morgan fingerprint density at radius 2 is 1.83 bits per heavy atom. The summed E-state index contributed by atoms with van der Waals surface area (Å²) in [5, 5.41) is 7.12. The number of nitrogens with one attached hydrogen (secondary N) is 1. The maximum Gasteiger partial charge on any atom is 0.255 e. The molecule has 0 saturated carbocycles. The van der Waals surface area contributed by atoms with E-state index in [1.54, 1.807) is 36.2 Å². The van der Waals surface area contributed by atoms with E-state index in [2.05, 4.69) is 10.4 Å². The van der Waals surface area contributed by atoms with Crippen LogP contribution in [0.2, 0.25) is 0 Å². The number of carbonyl (C=O) groups excluding carboxylic acids is 1. The maximum atomic E-state index is 12.7. The van der Waals surface area contributed by atoms with Gasteiger partial charge in [0.15, 0.2) is 11.5 Å². The summed E-state index contributed by atoms with van der Waals surface area (Å²) in [5.74, 6) is 0.850. The second kappa shape index (κ2) is 8.96. The normalized spacial score (nSPS) is 10.4. The van der Waals surface area contributed by atoms with Gasteiger partial charge in [-0.25, -0.2) is 4.68 Å². The van der Waals surface area contributed by atoms with Crippen LogP contribution in [-0.2, 0) is 6.61 Å². The molecule has 0 bridgehead atoms. The molecule has 30 heavy (non-hydrogen) atoms. The summed E-state index contributed by atoms with van der Waals surface area (Å²) in [4.78, 5) is 12.7. The van der Waals surface area contributed by atoms with Crippen molar-refractivity contribution >= 4 is 11.6 Å². The molecule has 3 aromatic carbocycles. The number of aromatic nitrogens is 2. The van der Waals surface area contributed by atoms with Gasteiger partial charge in [0.2, 0.25) is 0 Å². The van der Waals surface area contributed by atoms with Crippen molar-refractivity contribution in [2.45, 2.75) is 6.61 Å². The molecule has 1 heterocycles. The van der Waals surface area contributed by atoms with Gasteiger partial charge < -0.3 is 14.8 Å². The van der Waals surface area contributed by atoms with Gasteiger partial charge in [-0.15, -0.1) is 0 Å². The number of hydrogen-bond donors (Lipinski definition) is 1. The Morgan fingerprint density at radius 1 is 0.967 bits per heavy atom. The predicted octanol–water partition coefficient (Wildman–Crippen LogP) is 4.71. The first-order valence-corrected chi connectivity index (χ1v) is 9.49. The third-order valence-corrected chi connectivity index (χ3v) is 4.54. The standard InChI is InChI=1S/C24H21N3O3/c1-29-23-15-19(11-12-22(23)30-17-18-7-3-2-4-8-18)24(28)26-20-9-5-10-21(16-20)27-14-6-13-25-27/h2-16H,17H2,1H3,(H,26,28). The fraction of sp³-hybridized carbons (Fsp3) is 0.0833. The van der Waals surface area contributed by atoms with Crippen molar-refractivity contribution in [3.05, 3.63) is 102 Å². The van der Waals surface area contributed by atoms with Gasteiger partial charge in [-0.05, 0) is 48.0 Å². The van der Waals surface area contributed by atoms with Crippen molar-refractivity contribution in [1.82, 2.24) is 9.78 Å². The Morgan fingerprint density at radius 3 is 2.60 bits per heavy atom. The summed E-state index contributed by atoms with van der Waals surface area (Å²) in [6.45, 7) is 0.420. The lowest BCUT2D eigenvalue weighted by atomic mass is 10.1. The average molecular weight is 399 g/mol. The van der Waals surface area contributed by atoms with E-state index in [9.17, 15) is 4.79 Å². The van der Waals surface area contributed by atoms with E-state index in [4.69, 9.17) is 9.47 Å². The van der Waals surface area contributed by atoms with Crippen molar-refractivity contribution in [3.63, 3.8) is 0 Å². The fourth-order valence-electron chi connectivity index (χ4n) is 3.01. The highest BCUT2D eigenvalue weighted by atomic mass is 16.5. The van der Waals surface area contributed by atoms with Crippen LogP contribution in [0.25, 0.3) is 5.69 Å². The van der Waals surface area contributed by atoms with Crippen LogP contribution >= 0.6 is 0 Å². The van der Waals surface area contributed by atoms with Crippen LogP contribution in [0.15, 0.2) is 91.3 Å². The lowest BCUT2D eigenvalue weighted by Gasteiger charge is -2.13. The molecular formula is C24H21N3O3. The summed E-state index contributed by atoms with van der Waals surface area (Å²) >= 11 is 0.